The maximum atomic E-state index is 12.1. The highest BCUT2D eigenvalue weighted by Gasteiger charge is 2.27. The van der Waals surface area contributed by atoms with Gasteiger partial charge in [-0.25, -0.2) is 0 Å². The van der Waals surface area contributed by atoms with E-state index in [1.54, 1.807) is 4.90 Å². The van der Waals surface area contributed by atoms with Gasteiger partial charge in [-0.2, -0.15) is 0 Å². The molecule has 1 fully saturated rings. The second-order valence-corrected chi connectivity index (χ2v) is 5.63. The quantitative estimate of drug-likeness (QED) is 0.778. The lowest BCUT2D eigenvalue weighted by atomic mass is 9.86. The average Bonchev–Trinajstić information content (AvgIpc) is 2.40. The van der Waals surface area contributed by atoms with Crippen molar-refractivity contribution in [2.24, 2.45) is 5.92 Å². The Morgan fingerprint density at radius 1 is 1.11 bits per heavy atom. The van der Waals surface area contributed by atoms with Crippen LogP contribution in [0.25, 0.3) is 0 Å². The van der Waals surface area contributed by atoms with Crippen LogP contribution in [0.15, 0.2) is 0 Å². The van der Waals surface area contributed by atoms with E-state index >= 15 is 0 Å². The van der Waals surface area contributed by atoms with Gasteiger partial charge in [-0.05, 0) is 31.6 Å². The predicted octanol–water partition coefficient (Wildman–Crippen LogP) is 2.33. The molecule has 0 bridgehead atoms. The van der Waals surface area contributed by atoms with Crippen molar-refractivity contribution >= 4 is 11.8 Å². The maximum absolute atomic E-state index is 12.1. The largest absolute Gasteiger partial charge is 0.345 e. The van der Waals surface area contributed by atoms with Crippen LogP contribution in [-0.4, -0.2) is 35.8 Å². The molecular formula is C15H28N2O2. The lowest BCUT2D eigenvalue weighted by molar-refractivity contribution is -0.146. The van der Waals surface area contributed by atoms with E-state index in [1.165, 1.54) is 6.42 Å². The van der Waals surface area contributed by atoms with Crippen LogP contribution in [0, 0.1) is 5.92 Å². The van der Waals surface area contributed by atoms with Gasteiger partial charge in [-0.3, -0.25) is 9.59 Å². The number of carbonyl (C=O) groups is 2. The standard InChI is InChI=1S/C15H28N2O2/c1-4-10-17(11-5-2)15(19)14(18)16-13-9-7-6-8-12(13)3/h12-13H,4-11H2,1-3H3,(H,16,18). The van der Waals surface area contributed by atoms with Crippen LogP contribution in [-0.2, 0) is 9.59 Å². The van der Waals surface area contributed by atoms with E-state index in [-0.39, 0.29) is 11.9 Å². The third-order valence-electron chi connectivity index (χ3n) is 3.90. The molecule has 1 saturated carbocycles. The Morgan fingerprint density at radius 2 is 1.68 bits per heavy atom. The maximum Gasteiger partial charge on any atom is 0.311 e. The molecule has 0 radical (unpaired) electrons. The smallest absolute Gasteiger partial charge is 0.311 e. The minimum atomic E-state index is -0.416. The van der Waals surface area contributed by atoms with Crippen LogP contribution in [0.5, 0.6) is 0 Å². The van der Waals surface area contributed by atoms with Crippen molar-refractivity contribution in [2.45, 2.75) is 65.3 Å². The van der Waals surface area contributed by atoms with Gasteiger partial charge >= 0.3 is 11.8 Å². The van der Waals surface area contributed by atoms with Crippen LogP contribution >= 0.6 is 0 Å². The summed E-state index contributed by atoms with van der Waals surface area (Å²) in [6, 6.07) is 0.176. The molecule has 0 spiro atoms. The van der Waals surface area contributed by atoms with Gasteiger partial charge in [0, 0.05) is 19.1 Å². The van der Waals surface area contributed by atoms with Gasteiger partial charge < -0.3 is 10.2 Å². The number of nitrogens with zero attached hydrogens (tertiary/aromatic N) is 1. The first-order valence-corrected chi connectivity index (χ1v) is 7.69. The van der Waals surface area contributed by atoms with Crippen LogP contribution in [0.4, 0.5) is 0 Å². The first kappa shape index (κ1) is 16.0. The minimum Gasteiger partial charge on any atom is -0.345 e. The molecule has 19 heavy (non-hydrogen) atoms. The average molecular weight is 268 g/mol. The molecule has 0 saturated heterocycles. The van der Waals surface area contributed by atoms with E-state index in [9.17, 15) is 9.59 Å². The SMILES string of the molecule is CCCN(CCC)C(=O)C(=O)NC1CCCCC1C. The third-order valence-corrected chi connectivity index (χ3v) is 3.90. The zero-order valence-corrected chi connectivity index (χ0v) is 12.6. The summed E-state index contributed by atoms with van der Waals surface area (Å²) >= 11 is 0. The number of amides is 2. The molecular weight excluding hydrogens is 240 g/mol. The summed E-state index contributed by atoms with van der Waals surface area (Å²) in [6.45, 7) is 7.54. The highest BCUT2D eigenvalue weighted by molar-refractivity contribution is 6.35. The van der Waals surface area contributed by atoms with Crippen molar-refractivity contribution in [2.75, 3.05) is 13.1 Å². The molecule has 0 aliphatic heterocycles. The zero-order chi connectivity index (χ0) is 14.3. The molecule has 1 rings (SSSR count). The molecule has 1 aliphatic carbocycles. The highest BCUT2D eigenvalue weighted by atomic mass is 16.2. The molecule has 0 heterocycles. The summed E-state index contributed by atoms with van der Waals surface area (Å²) < 4.78 is 0. The Balaban J connectivity index is 2.52. The predicted molar refractivity (Wildman–Crippen MR) is 76.7 cm³/mol. The lowest BCUT2D eigenvalue weighted by Gasteiger charge is -2.30. The second-order valence-electron chi connectivity index (χ2n) is 5.63. The van der Waals surface area contributed by atoms with Crippen molar-refractivity contribution in [3.63, 3.8) is 0 Å². The Bertz CT molecular complexity index is 299. The molecule has 0 aromatic rings. The van der Waals surface area contributed by atoms with Crippen molar-refractivity contribution in [3.8, 4) is 0 Å². The summed E-state index contributed by atoms with van der Waals surface area (Å²) in [5.74, 6) is -0.293. The fraction of sp³-hybridized carbons (Fsp3) is 0.867. The molecule has 2 unspecified atom stereocenters. The summed E-state index contributed by atoms with van der Waals surface area (Å²) in [7, 11) is 0. The van der Waals surface area contributed by atoms with E-state index in [4.69, 9.17) is 0 Å². The van der Waals surface area contributed by atoms with Crippen molar-refractivity contribution < 1.29 is 9.59 Å². The molecule has 2 amide bonds. The highest BCUT2D eigenvalue weighted by Crippen LogP contribution is 2.23. The van der Waals surface area contributed by atoms with E-state index in [1.807, 2.05) is 13.8 Å². The topological polar surface area (TPSA) is 49.4 Å². The number of rotatable bonds is 5. The summed E-state index contributed by atoms with van der Waals surface area (Å²) in [5, 5.41) is 2.94. The van der Waals surface area contributed by atoms with Gasteiger partial charge in [0.1, 0.15) is 0 Å². The Labute approximate surface area is 116 Å². The summed E-state index contributed by atoms with van der Waals surface area (Å²) in [6.07, 6.45) is 6.31. The van der Waals surface area contributed by atoms with Gasteiger partial charge in [0.2, 0.25) is 0 Å². The molecule has 1 N–H and O–H groups in total. The normalized spacial score (nSPS) is 22.9. The molecule has 4 heteroatoms. The van der Waals surface area contributed by atoms with Crippen LogP contribution < -0.4 is 5.32 Å². The first-order chi connectivity index (χ1) is 9.10. The zero-order valence-electron chi connectivity index (χ0n) is 12.6. The van der Waals surface area contributed by atoms with Crippen LogP contribution in [0.1, 0.15) is 59.3 Å². The second kappa shape index (κ2) is 8.18. The van der Waals surface area contributed by atoms with Crippen molar-refractivity contribution in [3.05, 3.63) is 0 Å². The van der Waals surface area contributed by atoms with Gasteiger partial charge in [0.05, 0.1) is 0 Å². The summed E-state index contributed by atoms with van der Waals surface area (Å²) in [5.41, 5.74) is 0. The molecule has 110 valence electrons. The van der Waals surface area contributed by atoms with Crippen molar-refractivity contribution in [1.82, 2.24) is 10.2 Å². The van der Waals surface area contributed by atoms with Gasteiger partial charge in [-0.1, -0.05) is 33.6 Å². The number of nitrogens with one attached hydrogen (secondary N) is 1. The Kier molecular flexibility index (Phi) is 6.89. The van der Waals surface area contributed by atoms with Gasteiger partial charge in [0.25, 0.3) is 0 Å². The summed E-state index contributed by atoms with van der Waals surface area (Å²) in [4.78, 5) is 25.8. The molecule has 4 nitrogen and oxygen atoms in total. The molecule has 0 aromatic heterocycles. The Morgan fingerprint density at radius 3 is 2.21 bits per heavy atom. The minimum absolute atomic E-state index is 0.176. The monoisotopic (exact) mass is 268 g/mol. The van der Waals surface area contributed by atoms with Crippen LogP contribution in [0.3, 0.4) is 0 Å². The third kappa shape index (κ3) is 4.84. The van der Waals surface area contributed by atoms with Crippen LogP contribution in [0.2, 0.25) is 0 Å². The number of hydrogen-bond acceptors (Lipinski definition) is 2. The van der Waals surface area contributed by atoms with E-state index in [0.717, 1.165) is 32.1 Å². The Hall–Kier alpha value is -1.06. The van der Waals surface area contributed by atoms with E-state index in [0.29, 0.717) is 19.0 Å². The van der Waals surface area contributed by atoms with Crippen molar-refractivity contribution in [1.29, 1.82) is 0 Å². The fourth-order valence-electron chi connectivity index (χ4n) is 2.76. The first-order valence-electron chi connectivity index (χ1n) is 7.69. The number of hydrogen-bond donors (Lipinski definition) is 1. The van der Waals surface area contributed by atoms with E-state index < -0.39 is 5.91 Å². The fourth-order valence-corrected chi connectivity index (χ4v) is 2.76. The van der Waals surface area contributed by atoms with E-state index in [2.05, 4.69) is 12.2 Å². The molecule has 0 aromatic carbocycles. The molecule has 1 aliphatic rings. The van der Waals surface area contributed by atoms with Gasteiger partial charge in [-0.15, -0.1) is 0 Å². The van der Waals surface area contributed by atoms with Gasteiger partial charge in [0.15, 0.2) is 0 Å². The molecule has 2 atom stereocenters. The number of carbonyl (C=O) groups excluding carboxylic acids is 2. The lowest BCUT2D eigenvalue weighted by Crippen LogP contribution is -2.49.